The zero-order chi connectivity index (χ0) is 21.6. The molecule has 2 aliphatic rings. The smallest absolute Gasteiger partial charge is 0.242 e. The maximum atomic E-state index is 13.3. The average molecular weight is 429 g/mol. The summed E-state index contributed by atoms with van der Waals surface area (Å²) < 4.78 is 24.5. The van der Waals surface area contributed by atoms with E-state index < -0.39 is 0 Å². The molecule has 1 aromatic carbocycles. The Morgan fingerprint density at radius 3 is 2.42 bits per heavy atom. The Balaban J connectivity index is 1.48. The van der Waals surface area contributed by atoms with Gasteiger partial charge in [0.2, 0.25) is 11.8 Å². The molecule has 0 N–H and O–H groups in total. The molecule has 1 saturated carbocycles. The van der Waals surface area contributed by atoms with Crippen molar-refractivity contribution in [2.24, 2.45) is 5.92 Å². The predicted molar refractivity (Wildman–Crippen MR) is 112 cm³/mol. The van der Waals surface area contributed by atoms with Crippen LogP contribution in [0.25, 0.3) is 0 Å². The van der Waals surface area contributed by atoms with Gasteiger partial charge < -0.3 is 19.0 Å². The summed E-state index contributed by atoms with van der Waals surface area (Å²) >= 11 is 0. The lowest BCUT2D eigenvalue weighted by Crippen LogP contribution is -2.48. The summed E-state index contributed by atoms with van der Waals surface area (Å²) in [5, 5.41) is 0. The lowest BCUT2D eigenvalue weighted by molar-refractivity contribution is -0.146. The van der Waals surface area contributed by atoms with Crippen molar-refractivity contribution in [3.63, 3.8) is 0 Å². The summed E-state index contributed by atoms with van der Waals surface area (Å²) in [6.45, 7) is 1.77. The zero-order valence-corrected chi connectivity index (χ0v) is 17.7. The van der Waals surface area contributed by atoms with Gasteiger partial charge in [0, 0.05) is 25.6 Å². The summed E-state index contributed by atoms with van der Waals surface area (Å²) in [5.41, 5.74) is 0.817. The first kappa shape index (κ1) is 21.6. The second-order valence-corrected chi connectivity index (χ2v) is 8.44. The molecule has 0 spiro atoms. The molecular formula is C24H29FN2O4. The van der Waals surface area contributed by atoms with E-state index in [4.69, 9.17) is 9.15 Å². The molecule has 0 radical (unpaired) electrons. The maximum Gasteiger partial charge on any atom is 0.242 e. The molecule has 7 heteroatoms. The molecule has 2 fully saturated rings. The van der Waals surface area contributed by atoms with Crippen molar-refractivity contribution < 1.29 is 23.1 Å². The van der Waals surface area contributed by atoms with E-state index in [9.17, 15) is 14.0 Å². The third-order valence-corrected chi connectivity index (χ3v) is 6.11. The number of rotatable bonds is 9. The minimum Gasteiger partial charge on any atom is -0.467 e. The largest absolute Gasteiger partial charge is 0.467 e. The quantitative estimate of drug-likeness (QED) is 0.610. The minimum atomic E-state index is -0.318. The molecule has 1 aliphatic heterocycles. The van der Waals surface area contributed by atoms with Gasteiger partial charge in [-0.25, -0.2) is 4.39 Å². The monoisotopic (exact) mass is 428 g/mol. The Hall–Kier alpha value is -2.67. The first-order chi connectivity index (χ1) is 15.1. The van der Waals surface area contributed by atoms with Gasteiger partial charge in [0.15, 0.2) is 0 Å². The second-order valence-electron chi connectivity index (χ2n) is 8.44. The number of hydrogen-bond donors (Lipinski definition) is 0. The van der Waals surface area contributed by atoms with Gasteiger partial charge in [-0.3, -0.25) is 9.59 Å². The molecule has 2 aromatic rings. The molecule has 2 amide bonds. The first-order valence-corrected chi connectivity index (χ1v) is 11.0. The van der Waals surface area contributed by atoms with E-state index in [0.717, 1.165) is 37.7 Å². The Morgan fingerprint density at radius 2 is 1.81 bits per heavy atom. The van der Waals surface area contributed by atoms with Gasteiger partial charge in [-0.05, 0) is 55.5 Å². The predicted octanol–water partition coefficient (Wildman–Crippen LogP) is 3.76. The van der Waals surface area contributed by atoms with Crippen molar-refractivity contribution in [3.05, 3.63) is 59.8 Å². The molecule has 1 aliphatic carbocycles. The highest BCUT2D eigenvalue weighted by Gasteiger charge is 2.33. The second kappa shape index (κ2) is 10.1. The zero-order valence-electron chi connectivity index (χ0n) is 17.7. The molecule has 6 nitrogen and oxygen atoms in total. The fraction of sp³-hybridized carbons (Fsp3) is 0.500. The van der Waals surface area contributed by atoms with Crippen LogP contribution in [-0.4, -0.2) is 47.4 Å². The fourth-order valence-corrected chi connectivity index (χ4v) is 4.08. The van der Waals surface area contributed by atoms with Gasteiger partial charge in [0.05, 0.1) is 25.5 Å². The van der Waals surface area contributed by atoms with E-state index in [1.54, 1.807) is 34.3 Å². The highest BCUT2D eigenvalue weighted by Crippen LogP contribution is 2.29. The van der Waals surface area contributed by atoms with Crippen LogP contribution in [0.15, 0.2) is 47.1 Å². The summed E-state index contributed by atoms with van der Waals surface area (Å²) in [4.78, 5) is 29.7. The van der Waals surface area contributed by atoms with Crippen LogP contribution in [0.4, 0.5) is 4.39 Å². The molecule has 2 heterocycles. The number of hydrogen-bond acceptors (Lipinski definition) is 4. The van der Waals surface area contributed by atoms with Crippen LogP contribution in [0.1, 0.15) is 43.4 Å². The average Bonchev–Trinajstić information content (AvgIpc) is 3.41. The van der Waals surface area contributed by atoms with E-state index in [0.29, 0.717) is 25.5 Å². The van der Waals surface area contributed by atoms with E-state index >= 15 is 0 Å². The van der Waals surface area contributed by atoms with E-state index in [2.05, 4.69) is 0 Å². The highest BCUT2D eigenvalue weighted by molar-refractivity contribution is 5.86. The SMILES string of the molecule is O=C(CN(CC1CCCO1)C(=O)C1CCC1)N(Cc1ccc(F)cc1)Cc1ccco1. The Kier molecular flexibility index (Phi) is 7.02. The Labute approximate surface area is 182 Å². The van der Waals surface area contributed by atoms with Crippen molar-refractivity contribution in [2.45, 2.75) is 51.3 Å². The third-order valence-electron chi connectivity index (χ3n) is 6.11. The van der Waals surface area contributed by atoms with Crippen molar-refractivity contribution in [1.82, 2.24) is 9.80 Å². The summed E-state index contributed by atoms with van der Waals surface area (Å²) in [6, 6.07) is 9.70. The van der Waals surface area contributed by atoms with Gasteiger partial charge in [-0.2, -0.15) is 0 Å². The van der Waals surface area contributed by atoms with E-state index in [1.165, 1.54) is 12.1 Å². The lowest BCUT2D eigenvalue weighted by Gasteiger charge is -2.34. The fourth-order valence-electron chi connectivity index (χ4n) is 4.08. The minimum absolute atomic E-state index is 0.00699. The molecule has 31 heavy (non-hydrogen) atoms. The van der Waals surface area contributed by atoms with Crippen LogP contribution < -0.4 is 0 Å². The van der Waals surface area contributed by atoms with Crippen LogP contribution in [0.2, 0.25) is 0 Å². The van der Waals surface area contributed by atoms with Crippen LogP contribution in [0.5, 0.6) is 0 Å². The molecule has 1 unspecified atom stereocenters. The van der Waals surface area contributed by atoms with Gasteiger partial charge in [0.1, 0.15) is 11.6 Å². The number of halogens is 1. The van der Waals surface area contributed by atoms with Gasteiger partial charge in [-0.1, -0.05) is 18.6 Å². The van der Waals surface area contributed by atoms with Crippen molar-refractivity contribution in [2.75, 3.05) is 19.7 Å². The highest BCUT2D eigenvalue weighted by atomic mass is 19.1. The maximum absolute atomic E-state index is 13.3. The van der Waals surface area contributed by atoms with Crippen molar-refractivity contribution in [1.29, 1.82) is 0 Å². The van der Waals surface area contributed by atoms with Crippen molar-refractivity contribution >= 4 is 11.8 Å². The molecule has 1 aromatic heterocycles. The molecule has 0 bridgehead atoms. The molecule has 1 saturated heterocycles. The molecule has 166 valence electrons. The number of carbonyl (C=O) groups excluding carboxylic acids is 2. The number of furan rings is 1. The van der Waals surface area contributed by atoms with E-state index in [-0.39, 0.29) is 42.7 Å². The lowest BCUT2D eigenvalue weighted by atomic mass is 9.84. The van der Waals surface area contributed by atoms with Crippen LogP contribution >= 0.6 is 0 Å². The van der Waals surface area contributed by atoms with E-state index in [1.807, 2.05) is 6.07 Å². The molecule has 1 atom stereocenters. The van der Waals surface area contributed by atoms with Gasteiger partial charge >= 0.3 is 0 Å². The standard InChI is InChI=1S/C24H29FN2O4/c25-20-10-8-18(9-11-20)14-26(15-21-6-2-12-30-21)23(28)17-27(16-22-7-3-13-31-22)24(29)19-4-1-5-19/h2,6,8-12,19,22H,1,3-5,7,13-17H2. The summed E-state index contributed by atoms with van der Waals surface area (Å²) in [6.07, 6.45) is 6.30. The number of ether oxygens (including phenoxy) is 1. The molecule has 4 rings (SSSR count). The number of carbonyl (C=O) groups is 2. The number of amides is 2. The number of benzene rings is 1. The van der Waals surface area contributed by atoms with Crippen molar-refractivity contribution in [3.8, 4) is 0 Å². The normalized spacial score (nSPS) is 18.5. The Morgan fingerprint density at radius 1 is 1.00 bits per heavy atom. The first-order valence-electron chi connectivity index (χ1n) is 11.0. The van der Waals surface area contributed by atoms with Gasteiger partial charge in [-0.15, -0.1) is 0 Å². The topological polar surface area (TPSA) is 63.0 Å². The van der Waals surface area contributed by atoms with Crippen LogP contribution in [0.3, 0.4) is 0 Å². The molecular weight excluding hydrogens is 399 g/mol. The van der Waals surface area contributed by atoms with Crippen LogP contribution in [-0.2, 0) is 27.4 Å². The van der Waals surface area contributed by atoms with Crippen LogP contribution in [0, 0.1) is 11.7 Å². The Bertz CT molecular complexity index is 858. The van der Waals surface area contributed by atoms with Gasteiger partial charge in [0.25, 0.3) is 0 Å². The third kappa shape index (κ3) is 5.73. The summed E-state index contributed by atoms with van der Waals surface area (Å²) in [7, 11) is 0. The summed E-state index contributed by atoms with van der Waals surface area (Å²) in [5.74, 6) is 0.249. The number of nitrogens with zero attached hydrogens (tertiary/aromatic N) is 2.